The zero-order valence-electron chi connectivity index (χ0n) is 10.9. The average molecular weight is 260 g/mol. The molecule has 0 unspecified atom stereocenters. The van der Waals surface area contributed by atoms with Gasteiger partial charge in [0.1, 0.15) is 0 Å². The molecule has 0 saturated heterocycles. The molecular weight excluding hydrogens is 246 g/mol. The van der Waals surface area contributed by atoms with Crippen molar-refractivity contribution in [2.75, 3.05) is 5.73 Å². The Morgan fingerprint density at radius 3 is 1.80 bits per heavy atom. The van der Waals surface area contributed by atoms with E-state index in [9.17, 15) is 5.11 Å². The van der Waals surface area contributed by atoms with Crippen molar-refractivity contribution in [3.63, 3.8) is 0 Å². The minimum atomic E-state index is -0.0478. The van der Waals surface area contributed by atoms with Crippen molar-refractivity contribution in [2.24, 2.45) is 0 Å². The van der Waals surface area contributed by atoms with Gasteiger partial charge in [-0.2, -0.15) is 0 Å². The lowest BCUT2D eigenvalue weighted by Crippen LogP contribution is -1.94. The van der Waals surface area contributed by atoms with Crippen LogP contribution < -0.4 is 5.73 Å². The Hall–Kier alpha value is -2.74. The summed E-state index contributed by atoms with van der Waals surface area (Å²) in [6.45, 7) is 0. The molecule has 97 valence electrons. The second kappa shape index (κ2) is 5.10. The van der Waals surface area contributed by atoms with Gasteiger partial charge in [0.25, 0.3) is 0 Å². The first-order chi connectivity index (χ1) is 9.77. The Morgan fingerprint density at radius 2 is 1.20 bits per heavy atom. The number of benzene rings is 3. The largest absolute Gasteiger partial charge is 0.398 e. The molecule has 3 rings (SSSR count). The standard InChI is InChI=1S/C18H14NO/c19-18-15(13-7-3-1-4-8-13)11-12-16(20)17(18)14-9-5-2-6-10-14/h1-12H,19H2. The van der Waals surface area contributed by atoms with Crippen LogP contribution in [0, 0.1) is 0 Å². The molecule has 2 N–H and O–H groups in total. The van der Waals surface area contributed by atoms with Crippen LogP contribution in [0.5, 0.6) is 5.75 Å². The van der Waals surface area contributed by atoms with E-state index in [-0.39, 0.29) is 5.75 Å². The maximum absolute atomic E-state index is 12.1. The van der Waals surface area contributed by atoms with Crippen LogP contribution in [0.1, 0.15) is 0 Å². The number of nitrogen functional groups attached to an aromatic ring is 1. The number of hydrogen-bond acceptors (Lipinski definition) is 1. The van der Waals surface area contributed by atoms with Gasteiger partial charge in [-0.1, -0.05) is 60.7 Å². The number of rotatable bonds is 2. The second-order valence-electron chi connectivity index (χ2n) is 4.63. The molecule has 0 atom stereocenters. The summed E-state index contributed by atoms with van der Waals surface area (Å²) in [6.07, 6.45) is 0. The molecule has 0 aliphatic heterocycles. The van der Waals surface area contributed by atoms with E-state index >= 15 is 0 Å². The number of anilines is 1. The zero-order valence-corrected chi connectivity index (χ0v) is 10.9. The molecule has 0 bridgehead atoms. The van der Waals surface area contributed by atoms with E-state index in [0.29, 0.717) is 11.3 Å². The van der Waals surface area contributed by atoms with Gasteiger partial charge in [0, 0.05) is 5.56 Å². The van der Waals surface area contributed by atoms with Crippen LogP contribution in [0.2, 0.25) is 0 Å². The van der Waals surface area contributed by atoms with Crippen molar-refractivity contribution < 1.29 is 5.11 Å². The minimum absolute atomic E-state index is 0.0478. The van der Waals surface area contributed by atoms with Crippen molar-refractivity contribution in [3.05, 3.63) is 72.8 Å². The monoisotopic (exact) mass is 260 g/mol. The van der Waals surface area contributed by atoms with Gasteiger partial charge in [-0.15, -0.1) is 0 Å². The first kappa shape index (κ1) is 12.3. The Labute approximate surface area is 118 Å². The molecule has 3 aromatic rings. The van der Waals surface area contributed by atoms with Gasteiger partial charge < -0.3 is 5.73 Å². The Morgan fingerprint density at radius 1 is 0.650 bits per heavy atom. The highest BCUT2D eigenvalue weighted by atomic mass is 16.3. The van der Waals surface area contributed by atoms with E-state index in [2.05, 4.69) is 0 Å². The van der Waals surface area contributed by atoms with Crippen molar-refractivity contribution in [2.45, 2.75) is 0 Å². The molecule has 0 aliphatic carbocycles. The lowest BCUT2D eigenvalue weighted by molar-refractivity contribution is 0.357. The third kappa shape index (κ3) is 2.12. The second-order valence-corrected chi connectivity index (χ2v) is 4.63. The number of nitrogens with two attached hydrogens (primary N) is 1. The van der Waals surface area contributed by atoms with Crippen LogP contribution in [0.3, 0.4) is 0 Å². The predicted octanol–water partition coefficient (Wildman–Crippen LogP) is 4.75. The number of hydrogen-bond donors (Lipinski definition) is 1. The van der Waals surface area contributed by atoms with Crippen molar-refractivity contribution in [1.82, 2.24) is 0 Å². The van der Waals surface area contributed by atoms with Crippen LogP contribution in [0.15, 0.2) is 72.8 Å². The molecule has 2 heteroatoms. The van der Waals surface area contributed by atoms with E-state index in [1.54, 1.807) is 12.1 Å². The lowest BCUT2D eigenvalue weighted by atomic mass is 9.95. The molecule has 0 fully saturated rings. The Kier molecular flexibility index (Phi) is 3.13. The molecule has 0 aliphatic rings. The lowest BCUT2D eigenvalue weighted by Gasteiger charge is -2.12. The van der Waals surface area contributed by atoms with E-state index in [1.165, 1.54) is 0 Å². The highest BCUT2D eigenvalue weighted by Crippen LogP contribution is 2.40. The summed E-state index contributed by atoms with van der Waals surface area (Å²) < 4.78 is 0. The zero-order chi connectivity index (χ0) is 13.9. The van der Waals surface area contributed by atoms with Crippen LogP contribution in [0.25, 0.3) is 22.3 Å². The molecule has 2 nitrogen and oxygen atoms in total. The highest BCUT2D eigenvalue weighted by Gasteiger charge is 2.14. The molecule has 0 aromatic heterocycles. The summed E-state index contributed by atoms with van der Waals surface area (Å²) in [5.74, 6) is -0.0478. The normalized spacial score (nSPS) is 10.4. The Balaban J connectivity index is 2.22. The highest BCUT2D eigenvalue weighted by molar-refractivity contribution is 5.92. The van der Waals surface area contributed by atoms with Crippen molar-refractivity contribution in [1.29, 1.82) is 0 Å². The third-order valence-electron chi connectivity index (χ3n) is 3.35. The topological polar surface area (TPSA) is 45.9 Å². The summed E-state index contributed by atoms with van der Waals surface area (Å²) in [5.41, 5.74) is 10.1. The summed E-state index contributed by atoms with van der Waals surface area (Å²) >= 11 is 0. The molecule has 0 amide bonds. The van der Waals surface area contributed by atoms with Gasteiger partial charge in [0.15, 0.2) is 5.75 Å². The molecule has 0 spiro atoms. The summed E-state index contributed by atoms with van der Waals surface area (Å²) in [7, 11) is 0. The fraction of sp³-hybridized carbons (Fsp3) is 0. The maximum atomic E-state index is 12.1. The molecule has 1 radical (unpaired) electrons. The summed E-state index contributed by atoms with van der Waals surface area (Å²) in [6, 6.07) is 22.8. The van der Waals surface area contributed by atoms with Gasteiger partial charge in [0.05, 0.1) is 11.3 Å². The SMILES string of the molecule is Nc1c(-c2ccccc2)ccc([O])c1-c1ccccc1. The van der Waals surface area contributed by atoms with Crippen molar-refractivity contribution in [3.8, 4) is 28.0 Å². The van der Waals surface area contributed by atoms with Gasteiger partial charge >= 0.3 is 0 Å². The maximum Gasteiger partial charge on any atom is 0.188 e. The van der Waals surface area contributed by atoms with E-state index in [4.69, 9.17) is 5.73 Å². The summed E-state index contributed by atoms with van der Waals surface area (Å²) in [5, 5.41) is 12.1. The Bertz CT molecular complexity index is 721. The van der Waals surface area contributed by atoms with Crippen LogP contribution in [-0.2, 0) is 5.11 Å². The van der Waals surface area contributed by atoms with E-state index in [1.807, 2.05) is 60.7 Å². The molecule has 0 heterocycles. The molecule has 20 heavy (non-hydrogen) atoms. The summed E-state index contributed by atoms with van der Waals surface area (Å²) in [4.78, 5) is 0. The molecule has 0 saturated carbocycles. The van der Waals surface area contributed by atoms with Crippen LogP contribution in [-0.4, -0.2) is 0 Å². The minimum Gasteiger partial charge on any atom is -0.398 e. The fourth-order valence-electron chi connectivity index (χ4n) is 2.37. The van der Waals surface area contributed by atoms with E-state index in [0.717, 1.165) is 16.7 Å². The van der Waals surface area contributed by atoms with Gasteiger partial charge in [-0.3, -0.25) is 5.11 Å². The smallest absolute Gasteiger partial charge is 0.188 e. The van der Waals surface area contributed by atoms with Crippen LogP contribution in [0.4, 0.5) is 5.69 Å². The van der Waals surface area contributed by atoms with Gasteiger partial charge in [-0.25, -0.2) is 0 Å². The first-order valence-electron chi connectivity index (χ1n) is 6.47. The predicted molar refractivity (Wildman–Crippen MR) is 81.9 cm³/mol. The van der Waals surface area contributed by atoms with Gasteiger partial charge in [-0.05, 0) is 23.3 Å². The fourth-order valence-corrected chi connectivity index (χ4v) is 2.37. The quantitative estimate of drug-likeness (QED) is 0.664. The average Bonchev–Trinajstić information content (AvgIpc) is 2.49. The molecule has 3 aromatic carbocycles. The van der Waals surface area contributed by atoms with Crippen LogP contribution >= 0.6 is 0 Å². The van der Waals surface area contributed by atoms with E-state index < -0.39 is 0 Å². The third-order valence-corrected chi connectivity index (χ3v) is 3.35. The first-order valence-corrected chi connectivity index (χ1v) is 6.47. The molecular formula is C18H14NO. The van der Waals surface area contributed by atoms with Crippen molar-refractivity contribution >= 4 is 5.69 Å². The van der Waals surface area contributed by atoms with Gasteiger partial charge in [0.2, 0.25) is 0 Å².